The number of nitrogens with one attached hydrogen (secondary N) is 1. The van der Waals surface area contributed by atoms with Crippen molar-refractivity contribution in [1.29, 1.82) is 0 Å². The molecule has 0 heterocycles. The number of likely N-dealkylation sites (N-methyl/N-ethyl adjacent to an activating group) is 1. The Hall–Kier alpha value is -3.60. The van der Waals surface area contributed by atoms with Crippen LogP contribution in [0.1, 0.15) is 28.4 Å². The summed E-state index contributed by atoms with van der Waals surface area (Å²) in [5, 5.41) is 2.94. The molecule has 0 saturated heterocycles. The molecule has 31 heavy (non-hydrogen) atoms. The fraction of sp³-hybridized carbons (Fsp3) is 0.231. The lowest BCUT2D eigenvalue weighted by molar-refractivity contribution is -0.120. The summed E-state index contributed by atoms with van der Waals surface area (Å²) in [5.74, 6) is 0.206. The largest absolute Gasteiger partial charge is 0.484 e. The number of amides is 2. The van der Waals surface area contributed by atoms with Crippen LogP contribution in [0.5, 0.6) is 5.75 Å². The molecule has 3 aromatic carbocycles. The van der Waals surface area contributed by atoms with Gasteiger partial charge >= 0.3 is 0 Å². The Morgan fingerprint density at radius 2 is 1.55 bits per heavy atom. The topological polar surface area (TPSA) is 58.6 Å². The highest BCUT2D eigenvalue weighted by Crippen LogP contribution is 2.20. The van der Waals surface area contributed by atoms with Crippen LogP contribution in [0.2, 0.25) is 0 Å². The normalized spacial score (nSPS) is 10.4. The monoisotopic (exact) mass is 416 g/mol. The highest BCUT2D eigenvalue weighted by molar-refractivity contribution is 6.04. The molecule has 0 spiro atoms. The number of hydrogen-bond acceptors (Lipinski definition) is 3. The number of nitrogens with zero attached hydrogens (tertiary/aromatic N) is 1. The van der Waals surface area contributed by atoms with Gasteiger partial charge in [0, 0.05) is 13.6 Å². The number of aryl methyl sites for hydroxylation is 1. The smallest absolute Gasteiger partial charge is 0.264 e. The average molecular weight is 417 g/mol. The maximum atomic E-state index is 12.7. The van der Waals surface area contributed by atoms with Crippen molar-refractivity contribution in [1.82, 2.24) is 5.32 Å². The number of ether oxygens (including phenoxy) is 1. The second-order valence-electron chi connectivity index (χ2n) is 7.25. The summed E-state index contributed by atoms with van der Waals surface area (Å²) in [6.07, 6.45) is 1.69. The van der Waals surface area contributed by atoms with E-state index in [1.807, 2.05) is 60.7 Å². The fourth-order valence-corrected chi connectivity index (χ4v) is 3.22. The van der Waals surface area contributed by atoms with Gasteiger partial charge in [0.25, 0.3) is 11.8 Å². The van der Waals surface area contributed by atoms with Crippen LogP contribution in [0.3, 0.4) is 0 Å². The van der Waals surface area contributed by atoms with E-state index in [9.17, 15) is 9.59 Å². The van der Waals surface area contributed by atoms with Gasteiger partial charge < -0.3 is 15.0 Å². The summed E-state index contributed by atoms with van der Waals surface area (Å²) in [7, 11) is 1.65. The Bertz CT molecular complexity index is 1000. The third-order valence-corrected chi connectivity index (χ3v) is 5.12. The van der Waals surface area contributed by atoms with E-state index >= 15 is 0 Å². The first-order chi connectivity index (χ1) is 15.1. The van der Waals surface area contributed by atoms with Crippen LogP contribution in [0.15, 0.2) is 78.9 Å². The Morgan fingerprint density at radius 1 is 0.871 bits per heavy atom. The zero-order valence-electron chi connectivity index (χ0n) is 18.0. The van der Waals surface area contributed by atoms with Crippen LogP contribution in [-0.2, 0) is 17.6 Å². The van der Waals surface area contributed by atoms with Crippen molar-refractivity contribution in [3.05, 3.63) is 95.6 Å². The standard InChI is InChI=1S/C26H28N2O3/c1-3-20-13-15-22(16-14-20)31-19-25(29)28(2)24-12-8-7-11-23(24)26(30)27-18-17-21-9-5-4-6-10-21/h4-16H,3,17-19H2,1-2H3,(H,27,30). The molecule has 2 amide bonds. The van der Waals surface area contributed by atoms with Gasteiger partial charge in [0.1, 0.15) is 5.75 Å². The zero-order chi connectivity index (χ0) is 22.1. The SMILES string of the molecule is CCc1ccc(OCC(=O)N(C)c2ccccc2C(=O)NCCc2ccccc2)cc1. The Morgan fingerprint density at radius 3 is 2.26 bits per heavy atom. The molecule has 3 aromatic rings. The van der Waals surface area contributed by atoms with Gasteiger partial charge in [-0.05, 0) is 48.2 Å². The van der Waals surface area contributed by atoms with E-state index < -0.39 is 0 Å². The van der Waals surface area contributed by atoms with E-state index in [2.05, 4.69) is 12.2 Å². The van der Waals surface area contributed by atoms with Gasteiger partial charge in [-0.15, -0.1) is 0 Å². The molecular weight excluding hydrogens is 388 g/mol. The molecule has 160 valence electrons. The molecule has 0 radical (unpaired) electrons. The molecule has 1 N–H and O–H groups in total. The van der Waals surface area contributed by atoms with E-state index in [1.54, 1.807) is 25.2 Å². The van der Waals surface area contributed by atoms with E-state index in [1.165, 1.54) is 10.5 Å². The molecule has 3 rings (SSSR count). The van der Waals surface area contributed by atoms with Gasteiger partial charge in [-0.1, -0.05) is 61.5 Å². The maximum Gasteiger partial charge on any atom is 0.264 e. The first-order valence-corrected chi connectivity index (χ1v) is 10.5. The van der Waals surface area contributed by atoms with Gasteiger partial charge in [-0.2, -0.15) is 0 Å². The van der Waals surface area contributed by atoms with Crippen molar-refractivity contribution in [3.8, 4) is 5.75 Å². The second kappa shape index (κ2) is 11.0. The molecule has 0 aliphatic carbocycles. The molecule has 0 fully saturated rings. The van der Waals surface area contributed by atoms with Crippen molar-refractivity contribution in [2.45, 2.75) is 19.8 Å². The third kappa shape index (κ3) is 6.19. The average Bonchev–Trinajstić information content (AvgIpc) is 2.83. The van der Waals surface area contributed by atoms with Crippen molar-refractivity contribution in [2.75, 3.05) is 25.1 Å². The highest BCUT2D eigenvalue weighted by atomic mass is 16.5. The van der Waals surface area contributed by atoms with Crippen molar-refractivity contribution >= 4 is 17.5 Å². The molecule has 5 nitrogen and oxygen atoms in total. The van der Waals surface area contributed by atoms with Crippen LogP contribution in [0, 0.1) is 0 Å². The first-order valence-electron chi connectivity index (χ1n) is 10.5. The highest BCUT2D eigenvalue weighted by Gasteiger charge is 2.18. The lowest BCUT2D eigenvalue weighted by atomic mass is 10.1. The molecule has 0 aromatic heterocycles. The first kappa shape index (κ1) is 22.1. The van der Waals surface area contributed by atoms with Crippen molar-refractivity contribution in [3.63, 3.8) is 0 Å². The predicted molar refractivity (Wildman–Crippen MR) is 124 cm³/mol. The summed E-state index contributed by atoms with van der Waals surface area (Å²) in [4.78, 5) is 26.9. The molecule has 0 unspecified atom stereocenters. The number of rotatable bonds is 9. The maximum absolute atomic E-state index is 12.7. The molecule has 0 saturated carbocycles. The Kier molecular flexibility index (Phi) is 7.82. The number of benzene rings is 3. The predicted octanol–water partition coefficient (Wildman–Crippen LogP) is 4.26. The zero-order valence-corrected chi connectivity index (χ0v) is 18.0. The van der Waals surface area contributed by atoms with Crippen molar-refractivity contribution in [2.24, 2.45) is 0 Å². The summed E-state index contributed by atoms with van der Waals surface area (Å²) in [5.41, 5.74) is 3.38. The number of hydrogen-bond donors (Lipinski definition) is 1. The van der Waals surface area contributed by atoms with Gasteiger partial charge in [-0.3, -0.25) is 9.59 Å². The summed E-state index contributed by atoms with van der Waals surface area (Å²) in [6, 6.07) is 24.8. The minimum absolute atomic E-state index is 0.105. The lowest BCUT2D eigenvalue weighted by Crippen LogP contribution is -2.34. The minimum Gasteiger partial charge on any atom is -0.484 e. The van der Waals surface area contributed by atoms with Crippen LogP contribution in [0.4, 0.5) is 5.69 Å². The van der Waals surface area contributed by atoms with Gasteiger partial charge in [0.2, 0.25) is 0 Å². The molecule has 0 atom stereocenters. The lowest BCUT2D eigenvalue weighted by Gasteiger charge is -2.20. The van der Waals surface area contributed by atoms with Gasteiger partial charge in [0.05, 0.1) is 11.3 Å². The van der Waals surface area contributed by atoms with E-state index in [0.717, 1.165) is 18.4 Å². The molecule has 0 aliphatic heterocycles. The van der Waals surface area contributed by atoms with E-state index in [-0.39, 0.29) is 18.4 Å². The summed E-state index contributed by atoms with van der Waals surface area (Å²) >= 11 is 0. The fourth-order valence-electron chi connectivity index (χ4n) is 3.22. The van der Waals surface area contributed by atoms with E-state index in [0.29, 0.717) is 23.5 Å². The molecule has 0 aliphatic rings. The third-order valence-electron chi connectivity index (χ3n) is 5.12. The summed E-state index contributed by atoms with van der Waals surface area (Å²) in [6.45, 7) is 2.50. The van der Waals surface area contributed by atoms with E-state index in [4.69, 9.17) is 4.74 Å². The molecular formula is C26H28N2O3. The Balaban J connectivity index is 1.59. The van der Waals surface area contributed by atoms with Crippen LogP contribution in [-0.4, -0.2) is 32.0 Å². The summed E-state index contributed by atoms with van der Waals surface area (Å²) < 4.78 is 5.63. The Labute approximate surface area is 183 Å². The second-order valence-corrected chi connectivity index (χ2v) is 7.25. The molecule has 5 heteroatoms. The van der Waals surface area contributed by atoms with Gasteiger partial charge in [-0.25, -0.2) is 0 Å². The van der Waals surface area contributed by atoms with Crippen LogP contribution >= 0.6 is 0 Å². The van der Waals surface area contributed by atoms with Crippen molar-refractivity contribution < 1.29 is 14.3 Å². The molecule has 0 bridgehead atoms. The van der Waals surface area contributed by atoms with Gasteiger partial charge in [0.15, 0.2) is 6.61 Å². The number of para-hydroxylation sites is 1. The number of anilines is 1. The number of carbonyl (C=O) groups is 2. The van der Waals surface area contributed by atoms with Crippen LogP contribution in [0.25, 0.3) is 0 Å². The number of carbonyl (C=O) groups excluding carboxylic acids is 2. The van der Waals surface area contributed by atoms with Crippen LogP contribution < -0.4 is 15.0 Å². The minimum atomic E-state index is -0.232. The quantitative estimate of drug-likeness (QED) is 0.567.